The van der Waals surface area contributed by atoms with Crippen molar-refractivity contribution in [1.82, 2.24) is 10.2 Å². The third kappa shape index (κ3) is 5.49. The second-order valence-electron chi connectivity index (χ2n) is 4.68. The second-order valence-corrected chi connectivity index (χ2v) is 5.60. The van der Waals surface area contributed by atoms with Crippen molar-refractivity contribution in [2.45, 2.75) is 19.4 Å². The van der Waals surface area contributed by atoms with Crippen LogP contribution in [-0.2, 0) is 0 Å². The zero-order chi connectivity index (χ0) is 14.5. The van der Waals surface area contributed by atoms with Crippen molar-refractivity contribution >= 4 is 40.7 Å². The van der Waals surface area contributed by atoms with Gasteiger partial charge in [-0.15, -0.1) is 24.8 Å². The average Bonchev–Trinajstić information content (AvgIpc) is 2.43. The summed E-state index contributed by atoms with van der Waals surface area (Å²) in [7, 11) is 0. The van der Waals surface area contributed by atoms with E-state index in [4.69, 9.17) is 4.74 Å². The number of halogens is 5. The lowest BCUT2D eigenvalue weighted by Crippen LogP contribution is -2.47. The minimum Gasteiger partial charge on any atom is -0.494 e. The van der Waals surface area contributed by atoms with Gasteiger partial charge in [0.1, 0.15) is 11.8 Å². The van der Waals surface area contributed by atoms with Gasteiger partial charge in [-0.05, 0) is 25.1 Å². The molecule has 1 aliphatic rings. The summed E-state index contributed by atoms with van der Waals surface area (Å²) in [5, 5.41) is 3.18. The summed E-state index contributed by atoms with van der Waals surface area (Å²) >= 11 is 3.36. The fourth-order valence-corrected chi connectivity index (χ4v) is 2.87. The molecule has 8 heteroatoms. The smallest absolute Gasteiger partial charge is 0.258 e. The maximum Gasteiger partial charge on any atom is 0.258 e. The molecule has 1 N–H and O–H groups in total. The van der Waals surface area contributed by atoms with Crippen LogP contribution in [0.5, 0.6) is 5.75 Å². The largest absolute Gasteiger partial charge is 0.494 e. The molecule has 1 saturated heterocycles. The van der Waals surface area contributed by atoms with Gasteiger partial charge in [-0.2, -0.15) is 0 Å². The third-order valence-electron chi connectivity index (χ3n) is 3.37. The molecule has 1 heterocycles. The molecule has 0 spiro atoms. The molecule has 1 aromatic rings. The lowest BCUT2D eigenvalue weighted by Gasteiger charge is -2.35. The lowest BCUT2D eigenvalue weighted by molar-refractivity contribution is 0.0167. The van der Waals surface area contributed by atoms with Gasteiger partial charge in [-0.3, -0.25) is 4.90 Å². The number of nitrogens with one attached hydrogen (secondary N) is 1. The molecule has 128 valence electrons. The zero-order valence-corrected chi connectivity index (χ0v) is 15.4. The maximum absolute atomic E-state index is 13.6. The molecule has 1 aliphatic heterocycles. The number of nitrogens with zero attached hydrogens (tertiary/aromatic N) is 1. The van der Waals surface area contributed by atoms with Crippen molar-refractivity contribution in [3.05, 3.63) is 28.2 Å². The first-order chi connectivity index (χ1) is 9.63. The molecule has 0 bridgehead atoms. The number of alkyl halides is 2. The predicted octanol–water partition coefficient (Wildman–Crippen LogP) is 3.90. The van der Waals surface area contributed by atoms with Crippen LogP contribution in [0.25, 0.3) is 0 Å². The van der Waals surface area contributed by atoms with E-state index in [1.165, 1.54) is 0 Å². The lowest BCUT2D eigenvalue weighted by atomic mass is 10.0. The van der Waals surface area contributed by atoms with E-state index in [1.807, 2.05) is 17.9 Å². The van der Waals surface area contributed by atoms with Crippen LogP contribution in [0.3, 0.4) is 0 Å². The van der Waals surface area contributed by atoms with Crippen LogP contribution in [-0.4, -0.2) is 44.1 Å². The van der Waals surface area contributed by atoms with Crippen LogP contribution in [0.2, 0.25) is 0 Å². The highest BCUT2D eigenvalue weighted by atomic mass is 79.9. The molecule has 22 heavy (non-hydrogen) atoms. The van der Waals surface area contributed by atoms with Crippen molar-refractivity contribution in [3.63, 3.8) is 0 Å². The molecular weight excluding hydrogens is 401 g/mol. The van der Waals surface area contributed by atoms with Crippen LogP contribution >= 0.6 is 40.7 Å². The standard InChI is InChI=1S/C14H19BrF2N2O.2ClH/c1-2-20-12-4-3-10(15)9-11(12)13(14(16)17)19-7-5-18-6-8-19;;/h3-4,9,13-14,18H,2,5-8H2,1H3;2*1H/t13-;;/m0../s1. The van der Waals surface area contributed by atoms with Gasteiger partial charge < -0.3 is 10.1 Å². The number of hydrogen-bond donors (Lipinski definition) is 1. The second kappa shape index (κ2) is 10.6. The third-order valence-corrected chi connectivity index (χ3v) is 3.87. The average molecular weight is 422 g/mol. The molecule has 1 fully saturated rings. The number of rotatable bonds is 5. The highest BCUT2D eigenvalue weighted by Crippen LogP contribution is 2.36. The molecule has 0 radical (unpaired) electrons. The van der Waals surface area contributed by atoms with Gasteiger partial charge in [0.25, 0.3) is 6.43 Å². The van der Waals surface area contributed by atoms with Crippen molar-refractivity contribution in [2.75, 3.05) is 32.8 Å². The molecular formula is C14H21BrCl2F2N2O. The summed E-state index contributed by atoms with van der Waals surface area (Å²) in [5.74, 6) is 0.541. The molecule has 3 nitrogen and oxygen atoms in total. The van der Waals surface area contributed by atoms with Crippen LogP contribution < -0.4 is 10.1 Å². The molecule has 0 saturated carbocycles. The van der Waals surface area contributed by atoms with Crippen molar-refractivity contribution < 1.29 is 13.5 Å². The van der Waals surface area contributed by atoms with E-state index in [0.29, 0.717) is 31.0 Å². The minimum absolute atomic E-state index is 0. The van der Waals surface area contributed by atoms with Crippen LogP contribution in [0.1, 0.15) is 18.5 Å². The quantitative estimate of drug-likeness (QED) is 0.780. The van der Waals surface area contributed by atoms with Gasteiger partial charge in [0.2, 0.25) is 0 Å². The Balaban J connectivity index is 0.00000220. The summed E-state index contributed by atoms with van der Waals surface area (Å²) in [6, 6.07) is 4.38. The van der Waals surface area contributed by atoms with E-state index in [0.717, 1.165) is 17.6 Å². The highest BCUT2D eigenvalue weighted by Gasteiger charge is 2.32. The summed E-state index contributed by atoms with van der Waals surface area (Å²) < 4.78 is 33.5. The van der Waals surface area contributed by atoms with Gasteiger partial charge in [0.05, 0.1) is 6.61 Å². The molecule has 0 unspecified atom stereocenters. The van der Waals surface area contributed by atoms with Gasteiger partial charge >= 0.3 is 0 Å². The summed E-state index contributed by atoms with van der Waals surface area (Å²) in [4.78, 5) is 1.82. The number of piperazine rings is 1. The van der Waals surface area contributed by atoms with Crippen molar-refractivity contribution in [3.8, 4) is 5.75 Å². The topological polar surface area (TPSA) is 24.5 Å². The Bertz CT molecular complexity index is 449. The summed E-state index contributed by atoms with van der Waals surface area (Å²) in [5.41, 5.74) is 0.554. The Labute approximate surface area is 150 Å². The first kappa shape index (κ1) is 21.9. The van der Waals surface area contributed by atoms with E-state index in [9.17, 15) is 8.78 Å². The molecule has 1 aromatic carbocycles. The highest BCUT2D eigenvalue weighted by molar-refractivity contribution is 9.10. The van der Waals surface area contributed by atoms with Gasteiger partial charge in [0, 0.05) is 36.2 Å². The maximum atomic E-state index is 13.6. The van der Waals surface area contributed by atoms with E-state index >= 15 is 0 Å². The van der Waals surface area contributed by atoms with Crippen LogP contribution in [0.15, 0.2) is 22.7 Å². The molecule has 0 amide bonds. The Kier molecular flexibility index (Phi) is 10.5. The first-order valence-corrected chi connectivity index (χ1v) is 7.58. The number of ether oxygens (including phenoxy) is 1. The summed E-state index contributed by atoms with van der Waals surface area (Å²) in [6.45, 7) is 5.03. The fraction of sp³-hybridized carbons (Fsp3) is 0.571. The predicted molar refractivity (Wildman–Crippen MR) is 93.0 cm³/mol. The summed E-state index contributed by atoms with van der Waals surface area (Å²) in [6.07, 6.45) is -2.44. The molecule has 0 aromatic heterocycles. The fourth-order valence-electron chi connectivity index (χ4n) is 2.49. The minimum atomic E-state index is -2.44. The zero-order valence-electron chi connectivity index (χ0n) is 12.2. The van der Waals surface area contributed by atoms with E-state index in [2.05, 4.69) is 21.2 Å². The Morgan fingerprint density at radius 2 is 1.91 bits per heavy atom. The monoisotopic (exact) mass is 420 g/mol. The molecule has 0 aliphatic carbocycles. The molecule has 2 rings (SSSR count). The van der Waals surface area contributed by atoms with E-state index < -0.39 is 12.5 Å². The van der Waals surface area contributed by atoms with Crippen LogP contribution in [0, 0.1) is 0 Å². The van der Waals surface area contributed by atoms with E-state index in [1.54, 1.807) is 12.1 Å². The van der Waals surface area contributed by atoms with Gasteiger partial charge in [-0.1, -0.05) is 15.9 Å². The van der Waals surface area contributed by atoms with E-state index in [-0.39, 0.29) is 24.8 Å². The molecule has 1 atom stereocenters. The number of benzene rings is 1. The first-order valence-electron chi connectivity index (χ1n) is 6.78. The number of hydrogen-bond acceptors (Lipinski definition) is 3. The Hall–Kier alpha value is -0.140. The van der Waals surface area contributed by atoms with Crippen LogP contribution in [0.4, 0.5) is 8.78 Å². The normalized spacial score (nSPS) is 16.6. The SMILES string of the molecule is CCOc1ccc(Br)cc1[C@@H](C(F)F)N1CCNCC1.Cl.Cl. The van der Waals surface area contributed by atoms with Gasteiger partial charge in [0.15, 0.2) is 0 Å². The van der Waals surface area contributed by atoms with Crippen molar-refractivity contribution in [2.24, 2.45) is 0 Å². The Morgan fingerprint density at radius 1 is 1.27 bits per heavy atom. The van der Waals surface area contributed by atoms with Crippen molar-refractivity contribution in [1.29, 1.82) is 0 Å². The van der Waals surface area contributed by atoms with Gasteiger partial charge in [-0.25, -0.2) is 8.78 Å². The Morgan fingerprint density at radius 3 is 2.45 bits per heavy atom.